The third kappa shape index (κ3) is 18.8. The van der Waals surface area contributed by atoms with Crippen molar-refractivity contribution in [2.24, 2.45) is 0 Å². The molecule has 0 atom stereocenters. The predicted octanol–water partition coefficient (Wildman–Crippen LogP) is 2.32. The van der Waals surface area contributed by atoms with Crippen LogP contribution in [0.1, 0.15) is 27.7 Å². The maximum absolute atomic E-state index is 10.5. The molecule has 0 aliphatic carbocycles. The summed E-state index contributed by atoms with van der Waals surface area (Å²) in [6, 6.07) is 0. The third-order valence-electron chi connectivity index (χ3n) is 1.17. The summed E-state index contributed by atoms with van der Waals surface area (Å²) in [4.78, 5) is 17.3. The van der Waals surface area contributed by atoms with Gasteiger partial charge in [-0.15, -0.1) is 0 Å². The van der Waals surface area contributed by atoms with Crippen LogP contribution in [0.5, 0.6) is 0 Å². The molecule has 0 rings (SSSR count). The summed E-state index contributed by atoms with van der Waals surface area (Å²) < 4.78 is 38.5. The summed E-state index contributed by atoms with van der Waals surface area (Å²) in [7, 11) is -7.39. The molecule has 114 valence electrons. The van der Waals surface area contributed by atoms with E-state index in [-0.39, 0.29) is 45.9 Å². The van der Waals surface area contributed by atoms with Crippen LogP contribution in [-0.4, -0.2) is 36.2 Å². The summed E-state index contributed by atoms with van der Waals surface area (Å²) in [5, 5.41) is 0. The standard InChI is InChI=1S/2C4H11O4P.Zn/c2*1-3-7-9(5,6)8-4-2;/h2*3-4H2,1-2H3,(H,5,6);. The Hall–Kier alpha value is 0.843. The van der Waals surface area contributed by atoms with Crippen LogP contribution in [0.3, 0.4) is 0 Å². The SMILES string of the molecule is CCOP(=O)(O)OCC.CCOP(=O)(O)OCC.[Zn]. The minimum atomic E-state index is -3.69. The molecule has 8 nitrogen and oxygen atoms in total. The van der Waals surface area contributed by atoms with Gasteiger partial charge in [-0.3, -0.25) is 18.1 Å². The van der Waals surface area contributed by atoms with Crippen molar-refractivity contribution in [3.63, 3.8) is 0 Å². The zero-order valence-corrected chi connectivity index (χ0v) is 16.5. The Morgan fingerprint density at radius 1 is 0.684 bits per heavy atom. The first kappa shape index (κ1) is 24.8. The van der Waals surface area contributed by atoms with Crippen LogP contribution < -0.4 is 0 Å². The molecule has 0 aliphatic heterocycles. The number of phosphoric ester groups is 2. The summed E-state index contributed by atoms with van der Waals surface area (Å²) in [6.07, 6.45) is 0. The van der Waals surface area contributed by atoms with Crippen molar-refractivity contribution in [3.8, 4) is 0 Å². The molecule has 0 spiro atoms. The molecule has 0 aromatic rings. The third-order valence-corrected chi connectivity index (χ3v) is 3.51. The van der Waals surface area contributed by atoms with Crippen molar-refractivity contribution >= 4 is 15.6 Å². The van der Waals surface area contributed by atoms with Gasteiger partial charge in [-0.05, 0) is 27.7 Å². The zero-order chi connectivity index (χ0) is 14.7. The number of rotatable bonds is 8. The quantitative estimate of drug-likeness (QED) is 0.492. The van der Waals surface area contributed by atoms with E-state index in [1.807, 2.05) is 0 Å². The fraction of sp³-hybridized carbons (Fsp3) is 1.00. The Morgan fingerprint density at radius 3 is 0.947 bits per heavy atom. The van der Waals surface area contributed by atoms with Crippen LogP contribution >= 0.6 is 15.6 Å². The molecule has 0 aliphatic rings. The molecular weight excluding hydrogens is 351 g/mol. The van der Waals surface area contributed by atoms with E-state index in [0.717, 1.165) is 0 Å². The molecule has 0 saturated carbocycles. The molecule has 0 unspecified atom stereocenters. The molecular formula is C8H22O8P2Zn. The normalized spacial score (nSPS) is 11.3. The number of phosphoric acid groups is 2. The van der Waals surface area contributed by atoms with Gasteiger partial charge in [0.1, 0.15) is 0 Å². The molecule has 0 amide bonds. The minimum Gasteiger partial charge on any atom is -0.302 e. The van der Waals surface area contributed by atoms with Gasteiger partial charge in [0, 0.05) is 19.5 Å². The molecule has 19 heavy (non-hydrogen) atoms. The van der Waals surface area contributed by atoms with E-state index in [4.69, 9.17) is 9.79 Å². The average molecular weight is 374 g/mol. The molecule has 0 heterocycles. The van der Waals surface area contributed by atoms with E-state index in [2.05, 4.69) is 18.1 Å². The van der Waals surface area contributed by atoms with E-state index >= 15 is 0 Å². The maximum Gasteiger partial charge on any atom is 0.472 e. The Morgan fingerprint density at radius 2 is 0.842 bits per heavy atom. The van der Waals surface area contributed by atoms with Gasteiger partial charge in [-0.25, -0.2) is 9.13 Å². The summed E-state index contributed by atoms with van der Waals surface area (Å²) in [6.45, 7) is 7.26. The van der Waals surface area contributed by atoms with E-state index in [9.17, 15) is 9.13 Å². The number of hydrogen-bond donors (Lipinski definition) is 2. The second-order valence-corrected chi connectivity index (χ2v) is 5.52. The van der Waals surface area contributed by atoms with Gasteiger partial charge in [-0.2, -0.15) is 0 Å². The monoisotopic (exact) mass is 372 g/mol. The van der Waals surface area contributed by atoms with Crippen molar-refractivity contribution in [3.05, 3.63) is 0 Å². The topological polar surface area (TPSA) is 112 Å². The first-order valence-corrected chi connectivity index (χ1v) is 8.47. The van der Waals surface area contributed by atoms with Crippen molar-refractivity contribution in [1.29, 1.82) is 0 Å². The second-order valence-electron chi connectivity index (χ2n) is 2.61. The van der Waals surface area contributed by atoms with Crippen molar-refractivity contribution in [2.75, 3.05) is 26.4 Å². The van der Waals surface area contributed by atoms with E-state index in [1.165, 1.54) is 0 Å². The first-order valence-electron chi connectivity index (χ1n) is 5.48. The molecule has 0 aromatic heterocycles. The van der Waals surface area contributed by atoms with E-state index in [1.54, 1.807) is 27.7 Å². The van der Waals surface area contributed by atoms with Gasteiger partial charge in [0.15, 0.2) is 0 Å². The van der Waals surface area contributed by atoms with Crippen LogP contribution in [-0.2, 0) is 46.7 Å². The summed E-state index contributed by atoms with van der Waals surface area (Å²) >= 11 is 0. The Kier molecular flexibility index (Phi) is 18.1. The molecule has 0 aromatic carbocycles. The molecule has 2 N–H and O–H groups in total. The largest absolute Gasteiger partial charge is 0.472 e. The maximum atomic E-state index is 10.5. The second kappa shape index (κ2) is 13.8. The van der Waals surface area contributed by atoms with Crippen LogP contribution in [0.2, 0.25) is 0 Å². The van der Waals surface area contributed by atoms with E-state index < -0.39 is 15.6 Å². The van der Waals surface area contributed by atoms with Gasteiger partial charge in [0.25, 0.3) is 0 Å². The first-order chi connectivity index (χ1) is 8.24. The van der Waals surface area contributed by atoms with Gasteiger partial charge in [0.05, 0.1) is 26.4 Å². The average Bonchev–Trinajstić information content (AvgIpc) is 2.17. The Labute approximate surface area is 126 Å². The fourth-order valence-corrected chi connectivity index (χ4v) is 2.18. The van der Waals surface area contributed by atoms with E-state index in [0.29, 0.717) is 0 Å². The van der Waals surface area contributed by atoms with Crippen LogP contribution in [0.25, 0.3) is 0 Å². The molecule has 0 radical (unpaired) electrons. The smallest absolute Gasteiger partial charge is 0.302 e. The van der Waals surface area contributed by atoms with Crippen LogP contribution in [0, 0.1) is 0 Å². The molecule has 11 heteroatoms. The van der Waals surface area contributed by atoms with Gasteiger partial charge in [0.2, 0.25) is 0 Å². The van der Waals surface area contributed by atoms with Gasteiger partial charge >= 0.3 is 15.6 Å². The van der Waals surface area contributed by atoms with Crippen molar-refractivity contribution < 1.29 is 56.5 Å². The minimum absolute atomic E-state index is 0. The Balaban J connectivity index is -0.000000256. The molecule has 0 fully saturated rings. The van der Waals surface area contributed by atoms with Gasteiger partial charge in [-0.1, -0.05) is 0 Å². The molecule has 0 saturated heterocycles. The predicted molar refractivity (Wildman–Crippen MR) is 66.2 cm³/mol. The number of hydrogen-bond acceptors (Lipinski definition) is 6. The van der Waals surface area contributed by atoms with Crippen LogP contribution in [0.15, 0.2) is 0 Å². The van der Waals surface area contributed by atoms with Crippen molar-refractivity contribution in [1.82, 2.24) is 0 Å². The van der Waals surface area contributed by atoms with Crippen LogP contribution in [0.4, 0.5) is 0 Å². The summed E-state index contributed by atoms with van der Waals surface area (Å²) in [5.41, 5.74) is 0. The van der Waals surface area contributed by atoms with Gasteiger partial charge < -0.3 is 9.79 Å². The van der Waals surface area contributed by atoms with Crippen molar-refractivity contribution in [2.45, 2.75) is 27.7 Å². The Bertz CT molecular complexity index is 240. The fourth-order valence-electron chi connectivity index (χ4n) is 0.727. The zero-order valence-electron chi connectivity index (χ0n) is 11.8. The molecule has 0 bridgehead atoms. The summed E-state index contributed by atoms with van der Waals surface area (Å²) in [5.74, 6) is 0.